The molecule has 0 saturated heterocycles. The zero-order chi connectivity index (χ0) is 26.0. The first kappa shape index (κ1) is 25.5. The normalized spacial score (nSPS) is 11.3. The van der Waals surface area contributed by atoms with Gasteiger partial charge in [0.25, 0.3) is 10.0 Å². The highest BCUT2D eigenvalue weighted by Crippen LogP contribution is 2.41. The molecule has 1 aromatic heterocycles. The van der Waals surface area contributed by atoms with Gasteiger partial charge in [-0.15, -0.1) is 0 Å². The van der Waals surface area contributed by atoms with Crippen LogP contribution in [0.2, 0.25) is 10.0 Å². The summed E-state index contributed by atoms with van der Waals surface area (Å²) in [5.41, 5.74) is 0.837. The summed E-state index contributed by atoms with van der Waals surface area (Å²) in [5, 5.41) is 11.2. The monoisotopic (exact) mass is 554 g/mol. The van der Waals surface area contributed by atoms with Gasteiger partial charge in [-0.1, -0.05) is 23.2 Å². The molecule has 0 radical (unpaired) electrons. The fourth-order valence-electron chi connectivity index (χ4n) is 3.44. The first-order valence-corrected chi connectivity index (χ1v) is 12.3. The molecule has 0 aliphatic rings. The third-order valence-corrected chi connectivity index (χ3v) is 7.14. The number of sulfonamides is 1. The number of ether oxygens (including phenoxy) is 4. The predicted molar refractivity (Wildman–Crippen MR) is 135 cm³/mol. The fourth-order valence-corrected chi connectivity index (χ4v) is 5.26. The van der Waals surface area contributed by atoms with Crippen LogP contribution in [0.1, 0.15) is 0 Å². The number of methoxy groups -OCH3 is 4. The third kappa shape index (κ3) is 4.74. The van der Waals surface area contributed by atoms with E-state index in [0.29, 0.717) is 22.2 Å². The lowest BCUT2D eigenvalue weighted by Gasteiger charge is -2.18. The van der Waals surface area contributed by atoms with Crippen LogP contribution >= 0.6 is 23.2 Å². The van der Waals surface area contributed by atoms with Crippen molar-refractivity contribution >= 4 is 61.3 Å². The summed E-state index contributed by atoms with van der Waals surface area (Å²) < 4.78 is 56.0. The lowest BCUT2D eigenvalue weighted by molar-refractivity contribution is 0.315. The number of hydrogen-bond acceptors (Lipinski definition) is 10. The molecule has 36 heavy (non-hydrogen) atoms. The second-order valence-corrected chi connectivity index (χ2v) is 9.61. The van der Waals surface area contributed by atoms with Crippen LogP contribution in [0.25, 0.3) is 11.0 Å². The number of nitrogens with zero attached hydrogens (tertiary/aromatic N) is 2. The Hall–Kier alpha value is -3.61. The van der Waals surface area contributed by atoms with Gasteiger partial charge in [0.1, 0.15) is 33.4 Å². The van der Waals surface area contributed by atoms with E-state index in [9.17, 15) is 8.42 Å². The van der Waals surface area contributed by atoms with Gasteiger partial charge in [0.2, 0.25) is 0 Å². The predicted octanol–water partition coefficient (Wildman–Crippen LogP) is 5.11. The summed E-state index contributed by atoms with van der Waals surface area (Å²) in [6.07, 6.45) is 0. The summed E-state index contributed by atoms with van der Waals surface area (Å²) >= 11 is 12.4. The van der Waals surface area contributed by atoms with Crippen molar-refractivity contribution in [3.05, 3.63) is 46.4 Å². The summed E-state index contributed by atoms with van der Waals surface area (Å²) in [6, 6.07) is 9.01. The highest BCUT2D eigenvalue weighted by atomic mass is 35.5. The first-order valence-electron chi connectivity index (χ1n) is 10.1. The molecule has 0 bridgehead atoms. The number of anilines is 3. The molecule has 0 spiro atoms. The fraction of sp³-hybridized carbons (Fsp3) is 0.182. The topological polar surface area (TPSA) is 134 Å². The van der Waals surface area contributed by atoms with E-state index >= 15 is 0 Å². The second kappa shape index (κ2) is 10.2. The van der Waals surface area contributed by atoms with Crippen molar-refractivity contribution in [1.29, 1.82) is 0 Å². The van der Waals surface area contributed by atoms with Crippen molar-refractivity contribution in [3.8, 4) is 23.0 Å². The van der Waals surface area contributed by atoms with Crippen LogP contribution in [-0.2, 0) is 10.0 Å². The molecule has 0 fully saturated rings. The smallest absolute Gasteiger partial charge is 0.266 e. The Labute approximate surface area is 216 Å². The van der Waals surface area contributed by atoms with E-state index in [-0.39, 0.29) is 43.8 Å². The molecular weight excluding hydrogens is 535 g/mol. The van der Waals surface area contributed by atoms with Gasteiger partial charge in [0.05, 0.1) is 55.5 Å². The molecule has 0 amide bonds. The molecule has 0 aliphatic carbocycles. The van der Waals surface area contributed by atoms with E-state index in [0.717, 1.165) is 0 Å². The van der Waals surface area contributed by atoms with Gasteiger partial charge >= 0.3 is 0 Å². The second-order valence-electron chi connectivity index (χ2n) is 7.18. The standard InChI is InChI=1S/C22H20Cl2N4O7S/c1-31-17-9-15(19(33-3)7-11(17)23)25-14-6-5-13-21(27-35-26-13)22(14)36(29,30)28-16-10-18(32-2)12(24)8-20(16)34-4/h5-10,25,28H,1-4H3. The molecule has 2 N–H and O–H groups in total. The number of nitrogens with one attached hydrogen (secondary N) is 2. The molecule has 11 nitrogen and oxygen atoms in total. The molecule has 0 saturated carbocycles. The van der Waals surface area contributed by atoms with Crippen LogP contribution in [0.3, 0.4) is 0 Å². The minimum atomic E-state index is -4.33. The van der Waals surface area contributed by atoms with Crippen LogP contribution in [0.15, 0.2) is 45.9 Å². The van der Waals surface area contributed by atoms with Gasteiger partial charge in [-0.3, -0.25) is 4.72 Å². The Morgan fingerprint density at radius 2 is 1.31 bits per heavy atom. The summed E-state index contributed by atoms with van der Waals surface area (Å²) in [5.74, 6) is 1.12. The SMILES string of the molecule is COc1cc(Nc2ccc3nonc3c2S(=O)(=O)Nc2cc(OC)c(Cl)cc2OC)c(OC)cc1Cl. The molecule has 0 unspecified atom stereocenters. The van der Waals surface area contributed by atoms with E-state index in [1.165, 1.54) is 52.7 Å². The minimum absolute atomic E-state index is 0.00714. The Morgan fingerprint density at radius 3 is 1.89 bits per heavy atom. The number of aromatic nitrogens is 2. The summed E-state index contributed by atoms with van der Waals surface area (Å²) in [7, 11) is 1.37. The molecule has 1 heterocycles. The molecule has 4 rings (SSSR count). The highest BCUT2D eigenvalue weighted by molar-refractivity contribution is 7.93. The zero-order valence-electron chi connectivity index (χ0n) is 19.4. The van der Waals surface area contributed by atoms with Gasteiger partial charge in [-0.2, -0.15) is 0 Å². The van der Waals surface area contributed by atoms with Gasteiger partial charge in [0, 0.05) is 24.3 Å². The van der Waals surface area contributed by atoms with Gasteiger partial charge < -0.3 is 24.3 Å². The average molecular weight is 555 g/mol. The molecule has 0 atom stereocenters. The lowest BCUT2D eigenvalue weighted by atomic mass is 10.2. The lowest BCUT2D eigenvalue weighted by Crippen LogP contribution is -2.16. The average Bonchev–Trinajstić information content (AvgIpc) is 3.33. The first-order chi connectivity index (χ1) is 17.2. The Bertz CT molecular complexity index is 1540. The van der Waals surface area contributed by atoms with Crippen LogP contribution in [0, 0.1) is 0 Å². The van der Waals surface area contributed by atoms with E-state index in [4.69, 9.17) is 46.8 Å². The quantitative estimate of drug-likeness (QED) is 0.287. The molecular formula is C22H20Cl2N4O7S. The van der Waals surface area contributed by atoms with Crippen molar-refractivity contribution in [2.24, 2.45) is 0 Å². The van der Waals surface area contributed by atoms with Crippen molar-refractivity contribution in [1.82, 2.24) is 10.3 Å². The van der Waals surface area contributed by atoms with Crippen molar-refractivity contribution in [2.75, 3.05) is 38.5 Å². The van der Waals surface area contributed by atoms with Crippen LogP contribution in [-0.4, -0.2) is 47.2 Å². The summed E-state index contributed by atoms with van der Waals surface area (Å²) in [4.78, 5) is -0.242. The molecule has 14 heteroatoms. The van der Waals surface area contributed by atoms with Crippen molar-refractivity contribution in [3.63, 3.8) is 0 Å². The number of rotatable bonds is 9. The maximum atomic E-state index is 13.7. The highest BCUT2D eigenvalue weighted by Gasteiger charge is 2.28. The maximum Gasteiger partial charge on any atom is 0.266 e. The van der Waals surface area contributed by atoms with Crippen molar-refractivity contribution in [2.45, 2.75) is 4.90 Å². The number of benzene rings is 3. The van der Waals surface area contributed by atoms with E-state index in [1.54, 1.807) is 12.1 Å². The van der Waals surface area contributed by atoms with Gasteiger partial charge in [-0.05, 0) is 22.4 Å². The molecule has 4 aromatic rings. The van der Waals surface area contributed by atoms with Gasteiger partial charge in [0.15, 0.2) is 5.52 Å². The third-order valence-electron chi connectivity index (χ3n) is 5.11. The minimum Gasteiger partial charge on any atom is -0.495 e. The summed E-state index contributed by atoms with van der Waals surface area (Å²) in [6.45, 7) is 0. The van der Waals surface area contributed by atoms with Crippen molar-refractivity contribution < 1.29 is 32.0 Å². The molecule has 0 aliphatic heterocycles. The largest absolute Gasteiger partial charge is 0.495 e. The Kier molecular flexibility index (Phi) is 7.20. The Balaban J connectivity index is 1.86. The van der Waals surface area contributed by atoms with Crippen LogP contribution < -0.4 is 29.0 Å². The zero-order valence-corrected chi connectivity index (χ0v) is 21.7. The van der Waals surface area contributed by atoms with E-state index < -0.39 is 10.0 Å². The number of halogens is 2. The van der Waals surface area contributed by atoms with Gasteiger partial charge in [-0.25, -0.2) is 13.0 Å². The number of hydrogen-bond donors (Lipinski definition) is 2. The van der Waals surface area contributed by atoms with E-state index in [1.807, 2.05) is 0 Å². The number of fused-ring (bicyclic) bond motifs is 1. The van der Waals surface area contributed by atoms with E-state index in [2.05, 4.69) is 20.4 Å². The van der Waals surface area contributed by atoms with Crippen LogP contribution in [0.5, 0.6) is 23.0 Å². The Morgan fingerprint density at radius 1 is 0.750 bits per heavy atom. The molecule has 190 valence electrons. The molecule has 3 aromatic carbocycles. The van der Waals surface area contributed by atoms with Crippen LogP contribution in [0.4, 0.5) is 17.1 Å². The maximum absolute atomic E-state index is 13.7.